The minimum atomic E-state index is 0.0875. The quantitative estimate of drug-likeness (QED) is 0.118. The van der Waals surface area contributed by atoms with Crippen LogP contribution in [0.15, 0.2) is 0 Å². The molecule has 2 aliphatic rings. The fourth-order valence-electron chi connectivity index (χ4n) is 6.67. The lowest BCUT2D eigenvalue weighted by atomic mass is 9.83. The summed E-state index contributed by atoms with van der Waals surface area (Å²) in [6.45, 7) is 2.27. The van der Waals surface area contributed by atoms with Gasteiger partial charge in [-0.3, -0.25) is 4.79 Å². The van der Waals surface area contributed by atoms with Gasteiger partial charge in [0.1, 0.15) is 6.10 Å². The van der Waals surface area contributed by atoms with E-state index in [0.717, 1.165) is 18.8 Å². The summed E-state index contributed by atoms with van der Waals surface area (Å²) in [5, 5.41) is 0. The van der Waals surface area contributed by atoms with Crippen LogP contribution in [0.1, 0.15) is 187 Å². The molecule has 0 aromatic carbocycles. The molecule has 0 spiro atoms. The highest BCUT2D eigenvalue weighted by Crippen LogP contribution is 2.31. The van der Waals surface area contributed by atoms with Gasteiger partial charge >= 0.3 is 5.97 Å². The van der Waals surface area contributed by atoms with Crippen LogP contribution in [0.25, 0.3) is 0 Å². The van der Waals surface area contributed by atoms with E-state index in [1.165, 1.54) is 161 Å². The average molecular weight is 491 g/mol. The van der Waals surface area contributed by atoms with Gasteiger partial charge in [-0.15, -0.1) is 0 Å². The number of esters is 1. The van der Waals surface area contributed by atoms with Gasteiger partial charge in [0, 0.05) is 6.42 Å². The summed E-state index contributed by atoms with van der Waals surface area (Å²) in [4.78, 5) is 12.6. The summed E-state index contributed by atoms with van der Waals surface area (Å²) in [7, 11) is 0. The lowest BCUT2D eigenvalue weighted by Crippen LogP contribution is -2.28. The van der Waals surface area contributed by atoms with Gasteiger partial charge in [-0.1, -0.05) is 148 Å². The van der Waals surface area contributed by atoms with Crippen molar-refractivity contribution in [1.82, 2.24) is 0 Å². The summed E-state index contributed by atoms with van der Waals surface area (Å²) in [6.07, 6.45) is 37.4. The van der Waals surface area contributed by atoms with E-state index in [1.807, 2.05) is 0 Å². The second-order valence-corrected chi connectivity index (χ2v) is 12.2. The second kappa shape index (κ2) is 21.5. The third kappa shape index (κ3) is 16.0. The van der Waals surface area contributed by atoms with Crippen molar-refractivity contribution in [2.45, 2.75) is 193 Å². The highest BCUT2D eigenvalue weighted by Gasteiger charge is 2.26. The molecular formula is C33H62O2. The van der Waals surface area contributed by atoms with Crippen LogP contribution in [-0.2, 0) is 9.53 Å². The molecule has 206 valence electrons. The van der Waals surface area contributed by atoms with Crippen molar-refractivity contribution < 1.29 is 9.53 Å². The van der Waals surface area contributed by atoms with Crippen molar-refractivity contribution in [1.29, 1.82) is 0 Å². The minimum Gasteiger partial charge on any atom is -0.462 e. The van der Waals surface area contributed by atoms with Gasteiger partial charge < -0.3 is 4.74 Å². The standard InChI is InChI=1S/C33H62O2/c1-2-3-4-5-6-10-13-22-29-33(34)35-32(31-26-19-15-20-27-31)28-21-12-9-7-8-11-16-23-30-24-17-14-18-25-30/h30-32H,2-29H2,1H3. The molecule has 0 N–H and O–H groups in total. The number of carbonyl (C=O) groups is 1. The van der Waals surface area contributed by atoms with Crippen LogP contribution in [0.2, 0.25) is 0 Å². The molecule has 0 amide bonds. The average Bonchev–Trinajstić information content (AvgIpc) is 2.89. The lowest BCUT2D eigenvalue weighted by Gasteiger charge is -2.30. The van der Waals surface area contributed by atoms with Gasteiger partial charge in [0.15, 0.2) is 0 Å². The Bertz CT molecular complexity index is 475. The Morgan fingerprint density at radius 1 is 0.629 bits per heavy atom. The van der Waals surface area contributed by atoms with E-state index >= 15 is 0 Å². The molecule has 0 radical (unpaired) electrons. The van der Waals surface area contributed by atoms with E-state index in [0.29, 0.717) is 12.3 Å². The van der Waals surface area contributed by atoms with Crippen LogP contribution in [-0.4, -0.2) is 12.1 Å². The fourth-order valence-corrected chi connectivity index (χ4v) is 6.67. The molecule has 2 rings (SSSR count). The number of carbonyl (C=O) groups excluding carboxylic acids is 1. The molecule has 2 saturated carbocycles. The predicted octanol–water partition coefficient (Wildman–Crippen LogP) is 11.1. The summed E-state index contributed by atoms with van der Waals surface area (Å²) in [5.74, 6) is 1.77. The van der Waals surface area contributed by atoms with E-state index in [4.69, 9.17) is 4.74 Å². The number of unbranched alkanes of at least 4 members (excludes halogenated alkanes) is 13. The number of hydrogen-bond acceptors (Lipinski definition) is 2. The Balaban J connectivity index is 1.51. The Hall–Kier alpha value is -0.530. The van der Waals surface area contributed by atoms with Crippen LogP contribution >= 0.6 is 0 Å². The first-order valence-corrected chi connectivity index (χ1v) is 16.5. The summed E-state index contributed by atoms with van der Waals surface area (Å²) in [6, 6.07) is 0. The van der Waals surface area contributed by atoms with Gasteiger partial charge in [0.05, 0.1) is 0 Å². The van der Waals surface area contributed by atoms with Gasteiger partial charge in [0.2, 0.25) is 0 Å². The van der Waals surface area contributed by atoms with Crippen LogP contribution in [0.3, 0.4) is 0 Å². The van der Waals surface area contributed by atoms with Crippen molar-refractivity contribution in [3.05, 3.63) is 0 Å². The van der Waals surface area contributed by atoms with E-state index in [1.54, 1.807) is 0 Å². The Morgan fingerprint density at radius 3 is 1.77 bits per heavy atom. The zero-order valence-electron chi connectivity index (χ0n) is 23.8. The van der Waals surface area contributed by atoms with Gasteiger partial charge in [0.25, 0.3) is 0 Å². The first kappa shape index (κ1) is 30.7. The summed E-state index contributed by atoms with van der Waals surface area (Å²) in [5.41, 5.74) is 0. The Kier molecular flexibility index (Phi) is 18.9. The molecule has 0 aliphatic heterocycles. The maximum Gasteiger partial charge on any atom is 0.306 e. The van der Waals surface area contributed by atoms with Crippen LogP contribution < -0.4 is 0 Å². The maximum absolute atomic E-state index is 12.6. The van der Waals surface area contributed by atoms with Crippen molar-refractivity contribution in [2.75, 3.05) is 0 Å². The normalized spacial score (nSPS) is 18.5. The monoisotopic (exact) mass is 490 g/mol. The highest BCUT2D eigenvalue weighted by molar-refractivity contribution is 5.69. The van der Waals surface area contributed by atoms with Crippen molar-refractivity contribution in [2.24, 2.45) is 11.8 Å². The first-order chi connectivity index (χ1) is 17.3. The molecule has 2 fully saturated rings. The van der Waals surface area contributed by atoms with E-state index in [9.17, 15) is 4.79 Å². The molecule has 2 heteroatoms. The van der Waals surface area contributed by atoms with Gasteiger partial charge in [-0.2, -0.15) is 0 Å². The Morgan fingerprint density at radius 2 is 1.14 bits per heavy atom. The molecule has 2 aliphatic carbocycles. The summed E-state index contributed by atoms with van der Waals surface area (Å²) < 4.78 is 6.13. The third-order valence-electron chi connectivity index (χ3n) is 9.02. The topological polar surface area (TPSA) is 26.3 Å². The molecule has 0 saturated heterocycles. The predicted molar refractivity (Wildman–Crippen MR) is 152 cm³/mol. The lowest BCUT2D eigenvalue weighted by molar-refractivity contribution is -0.153. The Labute approximate surface area is 220 Å². The molecule has 0 aromatic heterocycles. The molecule has 2 nitrogen and oxygen atoms in total. The zero-order chi connectivity index (χ0) is 24.8. The zero-order valence-corrected chi connectivity index (χ0v) is 23.8. The molecule has 0 heterocycles. The molecule has 35 heavy (non-hydrogen) atoms. The number of rotatable bonds is 21. The molecule has 0 bridgehead atoms. The van der Waals surface area contributed by atoms with Gasteiger partial charge in [-0.05, 0) is 43.9 Å². The molecular weight excluding hydrogens is 428 g/mol. The number of hydrogen-bond donors (Lipinski definition) is 0. The highest BCUT2D eigenvalue weighted by atomic mass is 16.5. The maximum atomic E-state index is 12.6. The minimum absolute atomic E-state index is 0.0875. The van der Waals surface area contributed by atoms with E-state index in [-0.39, 0.29) is 12.1 Å². The van der Waals surface area contributed by atoms with Crippen LogP contribution in [0.5, 0.6) is 0 Å². The third-order valence-corrected chi connectivity index (χ3v) is 9.02. The van der Waals surface area contributed by atoms with Gasteiger partial charge in [-0.25, -0.2) is 0 Å². The van der Waals surface area contributed by atoms with Crippen molar-refractivity contribution in [3.63, 3.8) is 0 Å². The molecule has 1 atom stereocenters. The first-order valence-electron chi connectivity index (χ1n) is 16.5. The molecule has 1 unspecified atom stereocenters. The fraction of sp³-hybridized carbons (Fsp3) is 0.970. The largest absolute Gasteiger partial charge is 0.462 e. The van der Waals surface area contributed by atoms with Crippen molar-refractivity contribution >= 4 is 5.97 Å². The van der Waals surface area contributed by atoms with Crippen LogP contribution in [0.4, 0.5) is 0 Å². The van der Waals surface area contributed by atoms with E-state index in [2.05, 4.69) is 6.92 Å². The SMILES string of the molecule is CCCCCCCCCCC(=O)OC(CCCCCCCCCC1CCCCC1)C1CCCCC1. The number of ether oxygens (including phenoxy) is 1. The summed E-state index contributed by atoms with van der Waals surface area (Å²) >= 11 is 0. The second-order valence-electron chi connectivity index (χ2n) is 12.2. The van der Waals surface area contributed by atoms with E-state index < -0.39 is 0 Å². The van der Waals surface area contributed by atoms with Crippen LogP contribution in [0, 0.1) is 11.8 Å². The smallest absolute Gasteiger partial charge is 0.306 e. The van der Waals surface area contributed by atoms with Crippen molar-refractivity contribution in [3.8, 4) is 0 Å². The molecule has 0 aromatic rings.